The molecule has 3 atom stereocenters. The number of fused-ring (bicyclic) bond motifs is 1. The van der Waals surface area contributed by atoms with E-state index in [9.17, 15) is 4.79 Å². The Kier molecular flexibility index (Phi) is 5.88. The third kappa shape index (κ3) is 3.36. The number of ether oxygens (including phenoxy) is 2. The van der Waals surface area contributed by atoms with Crippen LogP contribution in [0.15, 0.2) is 0 Å². The predicted octanol–water partition coefficient (Wildman–Crippen LogP) is 1.25. The Balaban J connectivity index is 0.00000161. The van der Waals surface area contributed by atoms with E-state index >= 15 is 0 Å². The van der Waals surface area contributed by atoms with Gasteiger partial charge in [-0.05, 0) is 51.6 Å². The third-order valence-electron chi connectivity index (χ3n) is 5.31. The van der Waals surface area contributed by atoms with Crippen molar-refractivity contribution < 1.29 is 14.3 Å². The second-order valence-electron chi connectivity index (χ2n) is 6.32. The first-order chi connectivity index (χ1) is 9.75. The van der Waals surface area contributed by atoms with E-state index in [4.69, 9.17) is 9.47 Å². The Hall–Kier alpha value is -0.360. The lowest BCUT2D eigenvalue weighted by molar-refractivity contribution is -0.148. The number of rotatable bonds is 3. The summed E-state index contributed by atoms with van der Waals surface area (Å²) in [7, 11) is 1.66. The lowest BCUT2D eigenvalue weighted by atomic mass is 9.81. The zero-order valence-electron chi connectivity index (χ0n) is 12.7. The molecule has 122 valence electrons. The van der Waals surface area contributed by atoms with E-state index in [1.807, 2.05) is 0 Å². The van der Waals surface area contributed by atoms with Gasteiger partial charge >= 0.3 is 0 Å². The zero-order valence-corrected chi connectivity index (χ0v) is 13.5. The number of hydrogen-bond donors (Lipinski definition) is 2. The van der Waals surface area contributed by atoms with E-state index in [2.05, 4.69) is 10.6 Å². The van der Waals surface area contributed by atoms with Gasteiger partial charge < -0.3 is 20.1 Å². The molecule has 1 amide bonds. The Morgan fingerprint density at radius 2 is 2.05 bits per heavy atom. The van der Waals surface area contributed by atoms with Crippen LogP contribution in [0.5, 0.6) is 0 Å². The van der Waals surface area contributed by atoms with E-state index in [0.29, 0.717) is 12.0 Å². The average molecular weight is 319 g/mol. The molecule has 3 aliphatic rings. The molecule has 2 heterocycles. The monoisotopic (exact) mass is 318 g/mol. The van der Waals surface area contributed by atoms with Gasteiger partial charge in [-0.15, -0.1) is 12.4 Å². The molecule has 2 N–H and O–H groups in total. The van der Waals surface area contributed by atoms with Gasteiger partial charge in [0.05, 0.1) is 6.10 Å². The fourth-order valence-electron chi connectivity index (χ4n) is 4.01. The summed E-state index contributed by atoms with van der Waals surface area (Å²) in [5.41, 5.74) is -0.627. The summed E-state index contributed by atoms with van der Waals surface area (Å²) in [4.78, 5) is 12.7. The quantitative estimate of drug-likeness (QED) is 0.822. The van der Waals surface area contributed by atoms with Gasteiger partial charge in [0, 0.05) is 25.7 Å². The minimum absolute atomic E-state index is 0. The Bertz CT molecular complexity index is 361. The first kappa shape index (κ1) is 17.0. The van der Waals surface area contributed by atoms with Crippen molar-refractivity contribution >= 4 is 18.3 Å². The van der Waals surface area contributed by atoms with Crippen molar-refractivity contribution in [3.05, 3.63) is 0 Å². The van der Waals surface area contributed by atoms with Crippen LogP contribution in [0.3, 0.4) is 0 Å². The summed E-state index contributed by atoms with van der Waals surface area (Å²) in [6, 6.07) is 0.269. The van der Waals surface area contributed by atoms with Gasteiger partial charge in [0.15, 0.2) is 0 Å². The molecule has 21 heavy (non-hydrogen) atoms. The molecular weight excluding hydrogens is 292 g/mol. The molecule has 0 radical (unpaired) electrons. The first-order valence-electron chi connectivity index (χ1n) is 7.94. The van der Waals surface area contributed by atoms with Gasteiger partial charge in [-0.2, -0.15) is 0 Å². The van der Waals surface area contributed by atoms with Crippen molar-refractivity contribution in [2.75, 3.05) is 26.8 Å². The maximum Gasteiger partial charge on any atom is 0.252 e. The average Bonchev–Trinajstić information content (AvgIpc) is 2.97. The molecule has 5 nitrogen and oxygen atoms in total. The van der Waals surface area contributed by atoms with E-state index in [-0.39, 0.29) is 24.4 Å². The summed E-state index contributed by atoms with van der Waals surface area (Å²) in [6.45, 7) is 2.54. The maximum absolute atomic E-state index is 12.7. The van der Waals surface area contributed by atoms with Crippen LogP contribution in [0.2, 0.25) is 0 Å². The zero-order chi connectivity index (χ0) is 14.0. The number of carbonyl (C=O) groups is 1. The Morgan fingerprint density at radius 1 is 1.29 bits per heavy atom. The van der Waals surface area contributed by atoms with E-state index in [1.165, 1.54) is 0 Å². The molecule has 0 aromatic carbocycles. The highest BCUT2D eigenvalue weighted by atomic mass is 35.5. The van der Waals surface area contributed by atoms with E-state index < -0.39 is 5.60 Å². The molecule has 2 aliphatic heterocycles. The molecule has 6 heteroatoms. The summed E-state index contributed by atoms with van der Waals surface area (Å²) < 4.78 is 11.4. The summed E-state index contributed by atoms with van der Waals surface area (Å²) >= 11 is 0. The molecule has 0 aromatic heterocycles. The first-order valence-corrected chi connectivity index (χ1v) is 7.94. The topological polar surface area (TPSA) is 59.6 Å². The number of methoxy groups -OCH3 is 1. The molecule has 2 saturated heterocycles. The van der Waals surface area contributed by atoms with Crippen LogP contribution >= 0.6 is 12.4 Å². The van der Waals surface area contributed by atoms with Crippen molar-refractivity contribution in [2.45, 2.75) is 56.3 Å². The highest BCUT2D eigenvalue weighted by Crippen LogP contribution is 2.35. The van der Waals surface area contributed by atoms with Crippen LogP contribution in [-0.4, -0.2) is 50.5 Å². The van der Waals surface area contributed by atoms with Crippen LogP contribution in [0.1, 0.15) is 38.5 Å². The number of carbonyl (C=O) groups excluding carboxylic acids is 1. The molecular formula is C15H27ClN2O3. The van der Waals surface area contributed by atoms with E-state index in [1.54, 1.807) is 7.11 Å². The molecule has 3 unspecified atom stereocenters. The highest BCUT2D eigenvalue weighted by molar-refractivity contribution is 5.86. The van der Waals surface area contributed by atoms with Gasteiger partial charge in [-0.3, -0.25) is 4.79 Å². The molecule has 0 bridgehead atoms. The summed E-state index contributed by atoms with van der Waals surface area (Å²) in [6.07, 6.45) is 6.33. The maximum atomic E-state index is 12.7. The van der Waals surface area contributed by atoms with Crippen LogP contribution in [0.4, 0.5) is 0 Å². The SMILES string of the molecule is COC1(C(=O)NC2CCCC3OCCC23)CCNCC1.Cl. The Labute approximate surface area is 132 Å². The van der Waals surface area contributed by atoms with Gasteiger partial charge in [-0.25, -0.2) is 0 Å². The minimum atomic E-state index is -0.627. The standard InChI is InChI=1S/C15H26N2O3.ClH/c1-19-15(6-8-16-9-7-15)14(18)17-12-3-2-4-13-11(12)5-10-20-13;/h11-13,16H,2-10H2,1H3,(H,17,18);1H. The van der Waals surface area contributed by atoms with Gasteiger partial charge in [-0.1, -0.05) is 0 Å². The predicted molar refractivity (Wildman–Crippen MR) is 82.7 cm³/mol. The molecule has 3 rings (SSSR count). The summed E-state index contributed by atoms with van der Waals surface area (Å²) in [5, 5.41) is 6.57. The smallest absolute Gasteiger partial charge is 0.252 e. The summed E-state index contributed by atoms with van der Waals surface area (Å²) in [5.74, 6) is 0.586. The number of halogens is 1. The number of hydrogen-bond acceptors (Lipinski definition) is 4. The molecule has 1 aliphatic carbocycles. The van der Waals surface area contributed by atoms with Crippen molar-refractivity contribution in [3.8, 4) is 0 Å². The molecule has 1 saturated carbocycles. The molecule has 0 spiro atoms. The Morgan fingerprint density at radius 3 is 2.76 bits per heavy atom. The van der Waals surface area contributed by atoms with Gasteiger partial charge in [0.2, 0.25) is 0 Å². The second-order valence-corrected chi connectivity index (χ2v) is 6.32. The minimum Gasteiger partial charge on any atom is -0.378 e. The number of piperidine rings is 1. The van der Waals surface area contributed by atoms with Crippen LogP contribution in [-0.2, 0) is 14.3 Å². The normalized spacial score (nSPS) is 34.6. The van der Waals surface area contributed by atoms with Gasteiger partial charge in [0.25, 0.3) is 5.91 Å². The lowest BCUT2D eigenvalue weighted by Crippen LogP contribution is -2.58. The highest BCUT2D eigenvalue weighted by Gasteiger charge is 2.44. The fraction of sp³-hybridized carbons (Fsp3) is 0.933. The number of nitrogens with one attached hydrogen (secondary N) is 2. The largest absolute Gasteiger partial charge is 0.378 e. The van der Waals surface area contributed by atoms with E-state index in [0.717, 1.165) is 58.2 Å². The van der Waals surface area contributed by atoms with Crippen molar-refractivity contribution in [1.29, 1.82) is 0 Å². The second kappa shape index (κ2) is 7.27. The van der Waals surface area contributed by atoms with Crippen molar-refractivity contribution in [3.63, 3.8) is 0 Å². The third-order valence-corrected chi connectivity index (χ3v) is 5.31. The lowest BCUT2D eigenvalue weighted by Gasteiger charge is -2.39. The van der Waals surface area contributed by atoms with Crippen molar-refractivity contribution in [2.24, 2.45) is 5.92 Å². The van der Waals surface area contributed by atoms with Crippen LogP contribution < -0.4 is 10.6 Å². The molecule has 0 aromatic rings. The van der Waals surface area contributed by atoms with Crippen LogP contribution in [0.25, 0.3) is 0 Å². The fourth-order valence-corrected chi connectivity index (χ4v) is 4.01. The van der Waals surface area contributed by atoms with Crippen LogP contribution in [0, 0.1) is 5.92 Å². The van der Waals surface area contributed by atoms with Crippen molar-refractivity contribution in [1.82, 2.24) is 10.6 Å². The number of amides is 1. The van der Waals surface area contributed by atoms with Gasteiger partial charge in [0.1, 0.15) is 5.60 Å². The molecule has 3 fully saturated rings.